The monoisotopic (exact) mass is 407 g/mol. The molecule has 0 aliphatic carbocycles. The fourth-order valence-corrected chi connectivity index (χ4v) is 5.57. The first kappa shape index (κ1) is 19.6. The molecule has 1 saturated heterocycles. The molecule has 1 amide bonds. The summed E-state index contributed by atoms with van der Waals surface area (Å²) >= 11 is 1.17. The number of aromatic nitrogens is 2. The number of benzene rings is 1. The van der Waals surface area contributed by atoms with Crippen LogP contribution in [0, 0.1) is 0 Å². The standard InChI is InChI=1S/C18H21N3O4S2/c1-3-9-21-17(23)14-6-4-5-7-15(14)20-18(21)26-12(2)16(22)19-13-8-10-27(24,25)11-13/h3-7,12-13H,1,8-11H2,2H3,(H,19,22)/t12-,13+/m0/s1. The molecule has 1 fully saturated rings. The average molecular weight is 408 g/mol. The Morgan fingerprint density at radius 1 is 1.48 bits per heavy atom. The quantitative estimate of drug-likeness (QED) is 0.441. The molecule has 0 saturated carbocycles. The number of nitrogens with one attached hydrogen (secondary N) is 1. The summed E-state index contributed by atoms with van der Waals surface area (Å²) in [6.07, 6.45) is 2.04. The van der Waals surface area contributed by atoms with E-state index in [0.29, 0.717) is 22.5 Å². The van der Waals surface area contributed by atoms with Crippen LogP contribution in [-0.4, -0.2) is 46.7 Å². The molecule has 0 unspecified atom stereocenters. The summed E-state index contributed by atoms with van der Waals surface area (Å²) in [5.74, 6) is -0.189. The van der Waals surface area contributed by atoms with Gasteiger partial charge in [0, 0.05) is 12.6 Å². The number of para-hydroxylation sites is 1. The normalized spacial score (nSPS) is 19.7. The van der Waals surface area contributed by atoms with Crippen molar-refractivity contribution in [2.45, 2.75) is 36.3 Å². The number of fused-ring (bicyclic) bond motifs is 1. The zero-order valence-electron chi connectivity index (χ0n) is 14.9. The van der Waals surface area contributed by atoms with Gasteiger partial charge in [0.05, 0.1) is 27.7 Å². The summed E-state index contributed by atoms with van der Waals surface area (Å²) < 4.78 is 24.6. The molecule has 1 aromatic heterocycles. The minimum atomic E-state index is -3.06. The fourth-order valence-electron chi connectivity index (χ4n) is 2.97. The second kappa shape index (κ2) is 7.85. The predicted molar refractivity (Wildman–Crippen MR) is 107 cm³/mol. The molecular weight excluding hydrogens is 386 g/mol. The number of allylic oxidation sites excluding steroid dienone is 1. The Hall–Kier alpha value is -2.13. The zero-order chi connectivity index (χ0) is 19.6. The van der Waals surface area contributed by atoms with E-state index in [4.69, 9.17) is 0 Å². The summed E-state index contributed by atoms with van der Waals surface area (Å²) in [5, 5.41) is 3.20. The molecule has 2 aromatic rings. The van der Waals surface area contributed by atoms with E-state index in [9.17, 15) is 18.0 Å². The van der Waals surface area contributed by atoms with Gasteiger partial charge in [0.25, 0.3) is 5.56 Å². The third-order valence-corrected chi connectivity index (χ3v) is 7.23. The van der Waals surface area contributed by atoms with Gasteiger partial charge in [-0.3, -0.25) is 14.2 Å². The van der Waals surface area contributed by atoms with Gasteiger partial charge in [0.2, 0.25) is 5.91 Å². The molecular formula is C18H21N3O4S2. The fraction of sp³-hybridized carbons (Fsp3) is 0.389. The molecule has 7 nitrogen and oxygen atoms in total. The third kappa shape index (κ3) is 4.41. The Labute approximate surface area is 161 Å². The molecule has 27 heavy (non-hydrogen) atoms. The Bertz CT molecular complexity index is 1050. The van der Waals surface area contributed by atoms with Crippen LogP contribution in [-0.2, 0) is 21.2 Å². The van der Waals surface area contributed by atoms with Gasteiger partial charge in [0.15, 0.2) is 15.0 Å². The van der Waals surface area contributed by atoms with Crippen molar-refractivity contribution in [3.63, 3.8) is 0 Å². The highest BCUT2D eigenvalue weighted by atomic mass is 32.2. The van der Waals surface area contributed by atoms with Gasteiger partial charge >= 0.3 is 0 Å². The van der Waals surface area contributed by atoms with Crippen LogP contribution in [0.3, 0.4) is 0 Å². The summed E-state index contributed by atoms with van der Waals surface area (Å²) in [4.78, 5) is 29.7. The first-order valence-corrected chi connectivity index (χ1v) is 11.3. The number of amides is 1. The van der Waals surface area contributed by atoms with Gasteiger partial charge in [0.1, 0.15) is 0 Å². The van der Waals surface area contributed by atoms with Crippen LogP contribution < -0.4 is 10.9 Å². The average Bonchev–Trinajstić information content (AvgIpc) is 2.96. The number of rotatable bonds is 6. The van der Waals surface area contributed by atoms with Gasteiger partial charge < -0.3 is 5.32 Å². The summed E-state index contributed by atoms with van der Waals surface area (Å²) in [7, 11) is -3.06. The summed E-state index contributed by atoms with van der Waals surface area (Å²) in [6.45, 7) is 5.68. The van der Waals surface area contributed by atoms with E-state index >= 15 is 0 Å². The molecule has 9 heteroatoms. The van der Waals surface area contributed by atoms with E-state index in [-0.39, 0.29) is 35.6 Å². The van der Waals surface area contributed by atoms with Crippen LogP contribution in [0.4, 0.5) is 0 Å². The maximum absolute atomic E-state index is 12.7. The van der Waals surface area contributed by atoms with E-state index < -0.39 is 15.1 Å². The van der Waals surface area contributed by atoms with Crippen molar-refractivity contribution in [3.05, 3.63) is 47.3 Å². The van der Waals surface area contributed by atoms with E-state index in [0.717, 1.165) is 0 Å². The topological polar surface area (TPSA) is 98.1 Å². The van der Waals surface area contributed by atoms with Crippen LogP contribution in [0.25, 0.3) is 10.9 Å². The molecule has 0 bridgehead atoms. The van der Waals surface area contributed by atoms with Crippen molar-refractivity contribution >= 4 is 38.4 Å². The number of hydrogen-bond donors (Lipinski definition) is 1. The first-order valence-electron chi connectivity index (χ1n) is 8.58. The maximum atomic E-state index is 12.7. The predicted octanol–water partition coefficient (Wildman–Crippen LogP) is 1.37. The van der Waals surface area contributed by atoms with Crippen LogP contribution in [0.1, 0.15) is 13.3 Å². The maximum Gasteiger partial charge on any atom is 0.262 e. The lowest BCUT2D eigenvalue weighted by Gasteiger charge is -2.17. The lowest BCUT2D eigenvalue weighted by Crippen LogP contribution is -2.40. The number of nitrogens with zero attached hydrogens (tertiary/aromatic N) is 2. The molecule has 1 aromatic carbocycles. The van der Waals surface area contributed by atoms with Crippen molar-refractivity contribution in [3.8, 4) is 0 Å². The molecule has 1 aliphatic heterocycles. The summed E-state index contributed by atoms with van der Waals surface area (Å²) in [5.41, 5.74) is 0.386. The number of carbonyl (C=O) groups is 1. The largest absolute Gasteiger partial charge is 0.351 e. The van der Waals surface area contributed by atoms with Crippen LogP contribution in [0.15, 0.2) is 46.9 Å². The van der Waals surface area contributed by atoms with Gasteiger partial charge in [-0.05, 0) is 25.5 Å². The van der Waals surface area contributed by atoms with Gasteiger partial charge in [-0.15, -0.1) is 6.58 Å². The van der Waals surface area contributed by atoms with Crippen molar-refractivity contribution in [1.29, 1.82) is 0 Å². The SMILES string of the molecule is C=CCn1c(S[C@@H](C)C(=O)N[C@@H]2CCS(=O)(=O)C2)nc2ccccc2c1=O. The van der Waals surface area contributed by atoms with Gasteiger partial charge in [-0.1, -0.05) is 30.0 Å². The number of sulfone groups is 1. The number of hydrogen-bond acceptors (Lipinski definition) is 6. The minimum absolute atomic E-state index is 0.0223. The Morgan fingerprint density at radius 2 is 2.22 bits per heavy atom. The molecule has 0 radical (unpaired) electrons. The molecule has 2 atom stereocenters. The van der Waals surface area contributed by atoms with Crippen LogP contribution >= 0.6 is 11.8 Å². The van der Waals surface area contributed by atoms with E-state index in [1.165, 1.54) is 16.3 Å². The number of thioether (sulfide) groups is 1. The molecule has 1 aliphatic rings. The van der Waals surface area contributed by atoms with E-state index in [2.05, 4.69) is 16.9 Å². The molecule has 144 valence electrons. The van der Waals surface area contributed by atoms with Gasteiger partial charge in [-0.25, -0.2) is 13.4 Å². The Kier molecular flexibility index (Phi) is 5.71. The molecule has 3 rings (SSSR count). The van der Waals surface area contributed by atoms with Crippen LogP contribution in [0.2, 0.25) is 0 Å². The van der Waals surface area contributed by atoms with Gasteiger partial charge in [-0.2, -0.15) is 0 Å². The lowest BCUT2D eigenvalue weighted by molar-refractivity contribution is -0.120. The zero-order valence-corrected chi connectivity index (χ0v) is 16.6. The first-order chi connectivity index (χ1) is 12.8. The highest BCUT2D eigenvalue weighted by Gasteiger charge is 2.30. The Morgan fingerprint density at radius 3 is 2.89 bits per heavy atom. The second-order valence-corrected chi connectivity index (χ2v) is 10.0. The molecule has 2 heterocycles. The van der Waals surface area contributed by atoms with Crippen molar-refractivity contribution < 1.29 is 13.2 Å². The van der Waals surface area contributed by atoms with Crippen molar-refractivity contribution in [1.82, 2.24) is 14.9 Å². The van der Waals surface area contributed by atoms with Crippen molar-refractivity contribution in [2.75, 3.05) is 11.5 Å². The van der Waals surface area contributed by atoms with Crippen molar-refractivity contribution in [2.24, 2.45) is 0 Å². The Balaban J connectivity index is 1.82. The van der Waals surface area contributed by atoms with Crippen LogP contribution in [0.5, 0.6) is 0 Å². The minimum Gasteiger partial charge on any atom is -0.351 e. The highest BCUT2D eigenvalue weighted by molar-refractivity contribution is 8.00. The second-order valence-electron chi connectivity index (χ2n) is 6.48. The number of carbonyl (C=O) groups excluding carboxylic acids is 1. The van der Waals surface area contributed by atoms with E-state index in [1.807, 2.05) is 0 Å². The van der Waals surface area contributed by atoms with E-state index in [1.54, 1.807) is 37.3 Å². The smallest absolute Gasteiger partial charge is 0.262 e. The summed E-state index contributed by atoms with van der Waals surface area (Å²) in [6, 6.07) is 6.70. The molecule has 0 spiro atoms. The highest BCUT2D eigenvalue weighted by Crippen LogP contribution is 2.23. The lowest BCUT2D eigenvalue weighted by atomic mass is 10.2. The molecule has 1 N–H and O–H groups in total. The third-order valence-electron chi connectivity index (χ3n) is 4.37.